The average molecular weight is 383 g/mol. The van der Waals surface area contributed by atoms with Crippen molar-refractivity contribution in [3.05, 3.63) is 29.3 Å². The van der Waals surface area contributed by atoms with Crippen molar-refractivity contribution in [3.63, 3.8) is 0 Å². The van der Waals surface area contributed by atoms with Crippen molar-refractivity contribution in [2.45, 2.75) is 50.6 Å². The first-order valence-corrected chi connectivity index (χ1v) is 10.0. The van der Waals surface area contributed by atoms with Crippen LogP contribution in [0.4, 0.5) is 13.2 Å². The first-order chi connectivity index (χ1) is 13.0. The number of hydrogen-bond donors (Lipinski definition) is 1. The monoisotopic (exact) mass is 383 g/mol. The Morgan fingerprint density at radius 1 is 1.00 bits per heavy atom. The predicted octanol–water partition coefficient (Wildman–Crippen LogP) is 3.12. The Balaban J connectivity index is 1.46. The van der Waals surface area contributed by atoms with Gasteiger partial charge in [-0.3, -0.25) is 4.90 Å². The van der Waals surface area contributed by atoms with E-state index in [-0.39, 0.29) is 6.10 Å². The Morgan fingerprint density at radius 3 is 2.33 bits per heavy atom. The van der Waals surface area contributed by atoms with E-state index >= 15 is 0 Å². The molecule has 0 spiro atoms. The first kappa shape index (κ1) is 19.0. The van der Waals surface area contributed by atoms with E-state index in [0.717, 1.165) is 63.7 Å². The highest BCUT2D eigenvalue weighted by atomic mass is 19.4. The number of hydrogen-bond acceptors (Lipinski definition) is 4. The second-order valence-corrected chi connectivity index (χ2v) is 7.93. The fourth-order valence-electron chi connectivity index (χ4n) is 4.06. The van der Waals surface area contributed by atoms with Crippen molar-refractivity contribution >= 4 is 0 Å². The molecule has 2 saturated heterocycles. The molecule has 4 nitrogen and oxygen atoms in total. The largest absolute Gasteiger partial charge is 0.490 e. The van der Waals surface area contributed by atoms with Crippen LogP contribution in [0, 0.1) is 0 Å². The molecule has 0 bridgehead atoms. The fraction of sp³-hybridized carbons (Fsp3) is 0.700. The minimum Gasteiger partial charge on any atom is -0.490 e. The minimum absolute atomic E-state index is 0.00487. The molecule has 1 aromatic carbocycles. The summed E-state index contributed by atoms with van der Waals surface area (Å²) in [5, 5.41) is 3.30. The molecule has 1 saturated carbocycles. The molecule has 1 aromatic rings. The standard InChI is InChI=1S/C20H28F3N3O/c21-20(22,23)16-2-1-15(14-25-11-7-24-8-12-25)19(13-16)27-18-5-9-26(10-6-18)17-3-4-17/h1-2,13,17-18,24H,3-12,14H2. The van der Waals surface area contributed by atoms with Crippen LogP contribution in [-0.2, 0) is 12.7 Å². The molecule has 2 heterocycles. The van der Waals surface area contributed by atoms with Crippen molar-refractivity contribution in [2.24, 2.45) is 0 Å². The van der Waals surface area contributed by atoms with Gasteiger partial charge in [0.05, 0.1) is 5.56 Å². The summed E-state index contributed by atoms with van der Waals surface area (Å²) in [6.45, 7) is 6.24. The van der Waals surface area contributed by atoms with Crippen LogP contribution in [-0.4, -0.2) is 61.2 Å². The van der Waals surface area contributed by atoms with Crippen LogP contribution < -0.4 is 10.1 Å². The number of likely N-dealkylation sites (tertiary alicyclic amines) is 1. The summed E-state index contributed by atoms with van der Waals surface area (Å²) in [5.74, 6) is 0.410. The number of ether oxygens (including phenoxy) is 1. The number of halogens is 3. The van der Waals surface area contributed by atoms with Crippen molar-refractivity contribution in [2.75, 3.05) is 39.3 Å². The molecule has 3 fully saturated rings. The number of piperidine rings is 1. The number of nitrogens with one attached hydrogen (secondary N) is 1. The summed E-state index contributed by atoms with van der Waals surface area (Å²) in [6, 6.07) is 4.72. The highest BCUT2D eigenvalue weighted by molar-refractivity contribution is 5.39. The molecule has 0 unspecified atom stereocenters. The highest BCUT2D eigenvalue weighted by Gasteiger charge is 2.34. The maximum Gasteiger partial charge on any atom is 0.416 e. The van der Waals surface area contributed by atoms with E-state index in [1.807, 2.05) is 0 Å². The van der Waals surface area contributed by atoms with E-state index in [0.29, 0.717) is 12.3 Å². The zero-order valence-corrected chi connectivity index (χ0v) is 15.6. The van der Waals surface area contributed by atoms with Gasteiger partial charge in [0.15, 0.2) is 0 Å². The Morgan fingerprint density at radius 2 is 1.70 bits per heavy atom. The van der Waals surface area contributed by atoms with Crippen molar-refractivity contribution in [1.29, 1.82) is 0 Å². The highest BCUT2D eigenvalue weighted by Crippen LogP contribution is 2.35. The zero-order valence-electron chi connectivity index (χ0n) is 15.6. The lowest BCUT2D eigenvalue weighted by Gasteiger charge is -2.33. The summed E-state index contributed by atoms with van der Waals surface area (Å²) in [4.78, 5) is 4.76. The zero-order chi connectivity index (χ0) is 18.9. The predicted molar refractivity (Wildman–Crippen MR) is 97.8 cm³/mol. The van der Waals surface area contributed by atoms with E-state index in [1.54, 1.807) is 6.07 Å². The van der Waals surface area contributed by atoms with Gasteiger partial charge >= 0.3 is 6.18 Å². The molecule has 27 heavy (non-hydrogen) atoms. The van der Waals surface area contributed by atoms with Crippen molar-refractivity contribution < 1.29 is 17.9 Å². The molecule has 4 rings (SSSR count). The quantitative estimate of drug-likeness (QED) is 0.846. The molecule has 1 N–H and O–H groups in total. The Labute approximate surface area is 158 Å². The molecular weight excluding hydrogens is 355 g/mol. The number of alkyl halides is 3. The molecule has 0 radical (unpaired) electrons. The third-order valence-electron chi connectivity index (χ3n) is 5.83. The number of piperazine rings is 1. The SMILES string of the molecule is FC(F)(F)c1ccc(CN2CCNCC2)c(OC2CCN(C3CC3)CC2)c1. The summed E-state index contributed by atoms with van der Waals surface area (Å²) in [5.41, 5.74) is 0.228. The fourth-order valence-corrected chi connectivity index (χ4v) is 4.06. The second kappa shape index (κ2) is 7.97. The third-order valence-corrected chi connectivity index (χ3v) is 5.83. The third kappa shape index (κ3) is 4.95. The Bertz CT molecular complexity index is 634. The average Bonchev–Trinajstić information content (AvgIpc) is 3.49. The van der Waals surface area contributed by atoms with Gasteiger partial charge in [0.2, 0.25) is 0 Å². The van der Waals surface area contributed by atoms with Gasteiger partial charge < -0.3 is 15.0 Å². The van der Waals surface area contributed by atoms with Gasteiger partial charge in [-0.2, -0.15) is 13.2 Å². The van der Waals surface area contributed by atoms with Crippen LogP contribution in [0.25, 0.3) is 0 Å². The minimum atomic E-state index is -4.35. The van der Waals surface area contributed by atoms with Gasteiger partial charge in [-0.05, 0) is 37.8 Å². The molecule has 3 aliphatic rings. The lowest BCUT2D eigenvalue weighted by Crippen LogP contribution is -2.43. The summed E-state index contributed by atoms with van der Waals surface area (Å²) < 4.78 is 45.8. The van der Waals surface area contributed by atoms with Crippen molar-refractivity contribution in [3.8, 4) is 5.75 Å². The molecule has 0 aromatic heterocycles. The van der Waals surface area contributed by atoms with Gasteiger partial charge in [0, 0.05) is 57.4 Å². The lowest BCUT2D eigenvalue weighted by atomic mass is 10.1. The van der Waals surface area contributed by atoms with E-state index in [9.17, 15) is 13.2 Å². The van der Waals surface area contributed by atoms with Gasteiger partial charge in [-0.15, -0.1) is 0 Å². The molecule has 7 heteroatoms. The van der Waals surface area contributed by atoms with Crippen LogP contribution in [0.1, 0.15) is 36.8 Å². The second-order valence-electron chi connectivity index (χ2n) is 7.93. The van der Waals surface area contributed by atoms with Gasteiger partial charge in [0.1, 0.15) is 11.9 Å². The number of benzene rings is 1. The summed E-state index contributed by atoms with van der Waals surface area (Å²) in [6.07, 6.45) is 0.00749. The van der Waals surface area contributed by atoms with Crippen molar-refractivity contribution in [1.82, 2.24) is 15.1 Å². The van der Waals surface area contributed by atoms with E-state index < -0.39 is 11.7 Å². The maximum atomic E-state index is 13.2. The first-order valence-electron chi connectivity index (χ1n) is 10.0. The van der Waals surface area contributed by atoms with Crippen LogP contribution in [0.15, 0.2) is 18.2 Å². The number of nitrogens with zero attached hydrogens (tertiary/aromatic N) is 2. The molecule has 1 aliphatic carbocycles. The summed E-state index contributed by atoms with van der Waals surface area (Å²) >= 11 is 0. The van der Waals surface area contributed by atoms with Crippen LogP contribution in [0.5, 0.6) is 5.75 Å². The Hall–Kier alpha value is -1.31. The number of rotatable bonds is 5. The maximum absolute atomic E-state index is 13.2. The van der Waals surface area contributed by atoms with Crippen LogP contribution >= 0.6 is 0 Å². The molecule has 150 valence electrons. The molecular formula is C20H28F3N3O. The molecule has 0 atom stereocenters. The van der Waals surface area contributed by atoms with E-state index in [2.05, 4.69) is 15.1 Å². The van der Waals surface area contributed by atoms with Crippen LogP contribution in [0.3, 0.4) is 0 Å². The van der Waals surface area contributed by atoms with E-state index in [4.69, 9.17) is 4.74 Å². The van der Waals surface area contributed by atoms with Gasteiger partial charge in [-0.1, -0.05) is 6.07 Å². The van der Waals surface area contributed by atoms with Gasteiger partial charge in [0.25, 0.3) is 0 Å². The van der Waals surface area contributed by atoms with Crippen LogP contribution in [0.2, 0.25) is 0 Å². The summed E-state index contributed by atoms with van der Waals surface area (Å²) in [7, 11) is 0. The molecule has 2 aliphatic heterocycles. The smallest absolute Gasteiger partial charge is 0.416 e. The van der Waals surface area contributed by atoms with E-state index in [1.165, 1.54) is 25.0 Å². The van der Waals surface area contributed by atoms with Gasteiger partial charge in [-0.25, -0.2) is 0 Å². The molecule has 0 amide bonds. The normalized spacial score (nSPS) is 23.5. The lowest BCUT2D eigenvalue weighted by molar-refractivity contribution is -0.137. The topological polar surface area (TPSA) is 27.7 Å². The Kier molecular flexibility index (Phi) is 5.62.